The summed E-state index contributed by atoms with van der Waals surface area (Å²) in [4.78, 5) is 15.7. The summed E-state index contributed by atoms with van der Waals surface area (Å²) in [6, 6.07) is 1.58. The molecule has 2 aromatic rings. The maximum absolute atomic E-state index is 11.9. The van der Waals surface area contributed by atoms with Gasteiger partial charge in [-0.1, -0.05) is 0 Å². The molecule has 2 rings (SSSR count). The van der Waals surface area contributed by atoms with Crippen molar-refractivity contribution in [3.63, 3.8) is 0 Å². The number of rotatable bonds is 3. The van der Waals surface area contributed by atoms with E-state index in [1.165, 1.54) is 12.4 Å². The van der Waals surface area contributed by atoms with Crippen LogP contribution in [0, 0.1) is 0 Å². The average molecular weight is 231 g/mol. The molecule has 0 aliphatic carbocycles. The highest BCUT2D eigenvalue weighted by Gasteiger charge is 2.10. The lowest BCUT2D eigenvalue weighted by atomic mass is 10.2. The number of hydrogen-bond donors (Lipinski definition) is 2. The zero-order valence-corrected chi connectivity index (χ0v) is 9.42. The van der Waals surface area contributed by atoms with Crippen LogP contribution in [-0.2, 0) is 6.54 Å². The minimum Gasteiger partial charge on any atom is -0.397 e. The van der Waals surface area contributed by atoms with Crippen LogP contribution in [0.3, 0.4) is 0 Å². The van der Waals surface area contributed by atoms with Crippen LogP contribution in [0.4, 0.5) is 11.4 Å². The number of nitrogens with two attached hydrogens (primary N) is 1. The maximum Gasteiger partial charge on any atom is 0.257 e. The number of pyridine rings is 1. The second-order valence-corrected chi connectivity index (χ2v) is 3.50. The van der Waals surface area contributed by atoms with Crippen LogP contribution in [0.1, 0.15) is 17.3 Å². The van der Waals surface area contributed by atoms with Crippen LogP contribution in [0.5, 0.6) is 0 Å². The van der Waals surface area contributed by atoms with Crippen molar-refractivity contribution in [1.82, 2.24) is 14.8 Å². The van der Waals surface area contributed by atoms with Crippen LogP contribution < -0.4 is 11.1 Å². The van der Waals surface area contributed by atoms with Crippen LogP contribution in [0.25, 0.3) is 0 Å². The fraction of sp³-hybridized carbons (Fsp3) is 0.182. The van der Waals surface area contributed by atoms with Crippen LogP contribution in [-0.4, -0.2) is 20.7 Å². The van der Waals surface area contributed by atoms with E-state index in [1.54, 1.807) is 23.1 Å². The zero-order chi connectivity index (χ0) is 12.3. The van der Waals surface area contributed by atoms with Gasteiger partial charge in [-0.05, 0) is 13.0 Å². The molecule has 0 atom stereocenters. The number of nitrogens with zero attached hydrogens (tertiary/aromatic N) is 3. The van der Waals surface area contributed by atoms with Crippen molar-refractivity contribution in [2.75, 3.05) is 11.1 Å². The topological polar surface area (TPSA) is 85.8 Å². The number of nitrogens with one attached hydrogen (secondary N) is 1. The first kappa shape index (κ1) is 11.1. The highest BCUT2D eigenvalue weighted by atomic mass is 16.1. The average Bonchev–Trinajstić information content (AvgIpc) is 2.77. The first-order valence-electron chi connectivity index (χ1n) is 5.24. The molecule has 0 aliphatic heterocycles. The molecule has 3 N–H and O–H groups in total. The third kappa shape index (κ3) is 2.41. The van der Waals surface area contributed by atoms with Gasteiger partial charge in [0.15, 0.2) is 0 Å². The van der Waals surface area contributed by atoms with Gasteiger partial charge < -0.3 is 11.1 Å². The Morgan fingerprint density at radius 1 is 1.53 bits per heavy atom. The molecule has 0 saturated heterocycles. The summed E-state index contributed by atoms with van der Waals surface area (Å²) in [5, 5.41) is 6.79. The first-order valence-corrected chi connectivity index (χ1v) is 5.24. The number of hydrogen-bond acceptors (Lipinski definition) is 4. The van der Waals surface area contributed by atoms with Gasteiger partial charge in [0.2, 0.25) is 0 Å². The van der Waals surface area contributed by atoms with Crippen molar-refractivity contribution >= 4 is 17.3 Å². The van der Waals surface area contributed by atoms with E-state index in [-0.39, 0.29) is 5.91 Å². The van der Waals surface area contributed by atoms with Crippen molar-refractivity contribution < 1.29 is 4.79 Å². The molecule has 0 aromatic carbocycles. The second-order valence-electron chi connectivity index (χ2n) is 3.50. The number of carbonyl (C=O) groups is 1. The van der Waals surface area contributed by atoms with E-state index in [0.717, 1.165) is 6.54 Å². The Balaban J connectivity index is 2.14. The lowest BCUT2D eigenvalue weighted by molar-refractivity contribution is 0.102. The standard InChI is InChI=1S/C11H13N5O/c1-2-16-7-8(5-14-16)15-11(17)9-3-4-13-6-10(9)12/h3-7H,2,12H2,1H3,(H,15,17). The molecule has 2 aromatic heterocycles. The van der Waals surface area contributed by atoms with Gasteiger partial charge in [0, 0.05) is 18.9 Å². The van der Waals surface area contributed by atoms with E-state index in [4.69, 9.17) is 5.73 Å². The van der Waals surface area contributed by atoms with Crippen molar-refractivity contribution in [3.05, 3.63) is 36.4 Å². The smallest absolute Gasteiger partial charge is 0.257 e. The summed E-state index contributed by atoms with van der Waals surface area (Å²) in [5.74, 6) is -0.263. The van der Waals surface area contributed by atoms with Crippen molar-refractivity contribution in [2.24, 2.45) is 0 Å². The van der Waals surface area contributed by atoms with Crippen LogP contribution in [0.2, 0.25) is 0 Å². The predicted octanol–water partition coefficient (Wildman–Crippen LogP) is 1.13. The van der Waals surface area contributed by atoms with Crippen LogP contribution >= 0.6 is 0 Å². The molecule has 6 heteroatoms. The lowest BCUT2D eigenvalue weighted by Gasteiger charge is -2.04. The molecule has 0 radical (unpaired) electrons. The van der Waals surface area contributed by atoms with Gasteiger partial charge in [-0.25, -0.2) is 0 Å². The Labute approximate surface area is 98.5 Å². The minimum atomic E-state index is -0.263. The van der Waals surface area contributed by atoms with Gasteiger partial charge in [0.25, 0.3) is 5.91 Å². The Morgan fingerprint density at radius 3 is 3.00 bits per heavy atom. The summed E-state index contributed by atoms with van der Waals surface area (Å²) in [6.07, 6.45) is 6.33. The number of aromatic nitrogens is 3. The number of aryl methyl sites for hydroxylation is 1. The molecule has 6 nitrogen and oxygen atoms in total. The summed E-state index contributed by atoms with van der Waals surface area (Å²) in [7, 11) is 0. The molecule has 17 heavy (non-hydrogen) atoms. The minimum absolute atomic E-state index is 0.263. The molecular formula is C11H13N5O. The van der Waals surface area contributed by atoms with Crippen molar-refractivity contribution in [3.8, 4) is 0 Å². The number of carbonyl (C=O) groups excluding carboxylic acids is 1. The monoisotopic (exact) mass is 231 g/mol. The van der Waals surface area contributed by atoms with Crippen molar-refractivity contribution in [1.29, 1.82) is 0 Å². The van der Waals surface area contributed by atoms with E-state index in [9.17, 15) is 4.79 Å². The highest BCUT2D eigenvalue weighted by molar-refractivity contribution is 6.07. The quantitative estimate of drug-likeness (QED) is 0.829. The molecule has 0 aliphatic rings. The second kappa shape index (κ2) is 4.65. The largest absolute Gasteiger partial charge is 0.397 e. The van der Waals surface area contributed by atoms with E-state index < -0.39 is 0 Å². The third-order valence-electron chi connectivity index (χ3n) is 2.31. The molecular weight excluding hydrogens is 218 g/mol. The Bertz CT molecular complexity index is 534. The third-order valence-corrected chi connectivity index (χ3v) is 2.31. The zero-order valence-electron chi connectivity index (χ0n) is 9.42. The van der Waals surface area contributed by atoms with Gasteiger partial charge in [0.1, 0.15) is 0 Å². The Morgan fingerprint density at radius 2 is 2.35 bits per heavy atom. The van der Waals surface area contributed by atoms with Gasteiger partial charge in [0.05, 0.1) is 29.3 Å². The number of nitrogen functional groups attached to an aromatic ring is 1. The molecule has 0 saturated carbocycles. The van der Waals surface area contributed by atoms with Gasteiger partial charge in [-0.3, -0.25) is 14.5 Å². The summed E-state index contributed by atoms with van der Waals surface area (Å²) < 4.78 is 1.73. The van der Waals surface area contributed by atoms with E-state index in [1.807, 2.05) is 6.92 Å². The summed E-state index contributed by atoms with van der Waals surface area (Å²) >= 11 is 0. The van der Waals surface area contributed by atoms with Gasteiger partial charge >= 0.3 is 0 Å². The predicted molar refractivity (Wildman–Crippen MR) is 64.5 cm³/mol. The van der Waals surface area contributed by atoms with Crippen LogP contribution in [0.15, 0.2) is 30.9 Å². The van der Waals surface area contributed by atoms with Gasteiger partial charge in [-0.2, -0.15) is 5.10 Å². The molecule has 0 fully saturated rings. The number of anilines is 2. The van der Waals surface area contributed by atoms with Gasteiger partial charge in [-0.15, -0.1) is 0 Å². The van der Waals surface area contributed by atoms with Crippen molar-refractivity contribution in [2.45, 2.75) is 13.5 Å². The molecule has 0 unspecified atom stereocenters. The highest BCUT2D eigenvalue weighted by Crippen LogP contribution is 2.12. The molecule has 88 valence electrons. The fourth-order valence-corrected chi connectivity index (χ4v) is 1.41. The maximum atomic E-state index is 11.9. The fourth-order valence-electron chi connectivity index (χ4n) is 1.41. The molecule has 0 spiro atoms. The van der Waals surface area contributed by atoms with E-state index in [0.29, 0.717) is 16.9 Å². The normalized spacial score (nSPS) is 10.2. The SMILES string of the molecule is CCn1cc(NC(=O)c2ccncc2N)cn1. The summed E-state index contributed by atoms with van der Waals surface area (Å²) in [6.45, 7) is 2.73. The van der Waals surface area contributed by atoms with E-state index >= 15 is 0 Å². The lowest BCUT2D eigenvalue weighted by Crippen LogP contribution is -2.13. The summed E-state index contributed by atoms with van der Waals surface area (Å²) in [5.41, 5.74) is 7.07. The van der Waals surface area contributed by atoms with E-state index in [2.05, 4.69) is 15.4 Å². The molecule has 0 bridgehead atoms. The number of amides is 1. The first-order chi connectivity index (χ1) is 8.20. The molecule has 2 heterocycles. The molecule has 1 amide bonds. The Kier molecular flexibility index (Phi) is 3.04. The Hall–Kier alpha value is -2.37.